The van der Waals surface area contributed by atoms with E-state index in [4.69, 9.17) is 5.73 Å². The number of nitrogens with one attached hydrogen (secondary N) is 18. The molecular formula is C88H139N19O29S4. The number of rotatable bonds is 67. The maximum Gasteiger partial charge on any atom is 0.328 e. The Morgan fingerprint density at radius 1 is 0.321 bits per heavy atom. The first-order valence-electron chi connectivity index (χ1n) is 45.2. The zero-order valence-electron chi connectivity index (χ0n) is 80.1. The average Bonchev–Trinajstić information content (AvgIpc) is 0.838. The van der Waals surface area contributed by atoms with E-state index >= 15 is 0 Å². The molecule has 28 N–H and O–H groups in total. The SMILES string of the molecule is CC[C@H](C)[C@H](NC(=O)[C@H](CC(C)C)NC(=O)[C@H](CCSC)NC(=O)CNC(=O)[C@H](CS)NC(=O)[C@H](CC(=O)O)NC(=O)[C@H](Cc1ccccc1)NC(=O)[C@@H](NC(=O)[C@H](CO)NC(=O)[C@H](CO)NC(=O)[C@H](Cc1ccccc1)NC(=O)[C@H](CC(C)C)NC(=O)[C@H](CCSC)NC(=O)[C@H](CS)NC(=O)[C@@H](N)CO)C(C)C)C(=O)N[C@@H](CO)C(=O)N[C@@H](CC(=O)O)C(=O)N[C@@H](CC(C)C)C(=O)N[C@@H](CO)C(=O)O. The van der Waals surface area contributed by atoms with E-state index in [1.165, 1.54) is 44.3 Å². The number of hydrogen-bond donors (Lipinski definition) is 29. The van der Waals surface area contributed by atoms with Gasteiger partial charge in [0.1, 0.15) is 109 Å². The second kappa shape index (κ2) is 65.5. The van der Waals surface area contributed by atoms with E-state index in [2.05, 4.69) is 121 Å². The summed E-state index contributed by atoms with van der Waals surface area (Å²) in [5, 5.41) is 123. The first-order chi connectivity index (χ1) is 66.0. The molecule has 0 heterocycles. The lowest BCUT2D eigenvalue weighted by Crippen LogP contribution is -2.62. The summed E-state index contributed by atoms with van der Waals surface area (Å²) in [6.45, 7) is 10.1. The fourth-order valence-corrected chi connectivity index (χ4v) is 14.8. The fraction of sp³-hybridized carbons (Fsp3) is 0.625. The van der Waals surface area contributed by atoms with Crippen molar-refractivity contribution in [3.05, 3.63) is 71.8 Å². The molecule has 0 unspecified atom stereocenters. The number of carboxylic acids is 3. The predicted molar refractivity (Wildman–Crippen MR) is 518 cm³/mol. The van der Waals surface area contributed by atoms with Gasteiger partial charge in [0, 0.05) is 24.3 Å². The van der Waals surface area contributed by atoms with E-state index in [1.54, 1.807) is 122 Å². The molecule has 2 aromatic carbocycles. The van der Waals surface area contributed by atoms with E-state index in [9.17, 15) is 142 Å². The van der Waals surface area contributed by atoms with Crippen molar-refractivity contribution in [2.75, 3.05) is 75.1 Å². The lowest BCUT2D eigenvalue weighted by molar-refractivity contribution is -0.144. The number of thioether (sulfide) groups is 2. The molecule has 2 aromatic rings. The van der Waals surface area contributed by atoms with Gasteiger partial charge in [-0.05, 0) is 96.8 Å². The van der Waals surface area contributed by atoms with Crippen LogP contribution < -0.4 is 101 Å². The summed E-state index contributed by atoms with van der Waals surface area (Å²) in [6.07, 6.45) is 0.436. The molecule has 0 bridgehead atoms. The maximum atomic E-state index is 14.5. The lowest BCUT2D eigenvalue weighted by atomic mass is 9.96. The van der Waals surface area contributed by atoms with Crippen molar-refractivity contribution in [1.82, 2.24) is 95.7 Å². The average molecular weight is 2060 g/mol. The summed E-state index contributed by atoms with van der Waals surface area (Å²) >= 11 is 10.9. The van der Waals surface area contributed by atoms with Crippen LogP contribution in [0.4, 0.5) is 0 Å². The Kier molecular flexibility index (Phi) is 58.2. The van der Waals surface area contributed by atoms with E-state index in [-0.39, 0.29) is 80.6 Å². The van der Waals surface area contributed by atoms with Crippen LogP contribution in [0, 0.1) is 29.6 Å². The van der Waals surface area contributed by atoms with Crippen LogP contribution in [-0.2, 0) is 114 Å². The van der Waals surface area contributed by atoms with Crippen LogP contribution >= 0.6 is 48.8 Å². The molecule has 784 valence electrons. The lowest BCUT2D eigenvalue weighted by Gasteiger charge is -2.29. The second-order valence-electron chi connectivity index (χ2n) is 34.5. The number of aliphatic hydroxyl groups is 5. The van der Waals surface area contributed by atoms with Gasteiger partial charge in [-0.25, -0.2) is 4.79 Å². The topological polar surface area (TPSA) is 763 Å². The number of hydrogen-bond acceptors (Lipinski definition) is 31. The van der Waals surface area contributed by atoms with Gasteiger partial charge in [0.2, 0.25) is 106 Å². The molecule has 0 radical (unpaired) electrons. The number of benzene rings is 2. The number of aliphatic hydroxyl groups excluding tert-OH is 5. The van der Waals surface area contributed by atoms with Crippen molar-refractivity contribution in [2.45, 2.75) is 242 Å². The molecule has 2 rings (SSSR count). The summed E-state index contributed by atoms with van der Waals surface area (Å²) in [6, 6.07) is -13.4. The van der Waals surface area contributed by atoms with Crippen LogP contribution in [0.25, 0.3) is 0 Å². The summed E-state index contributed by atoms with van der Waals surface area (Å²) in [7, 11) is 0. The number of aliphatic carboxylic acids is 3. The Morgan fingerprint density at radius 2 is 0.600 bits per heavy atom. The zero-order chi connectivity index (χ0) is 106. The standard InChI is InChI=1S/C88H139N19O29S4/c1-13-47(10)70(87(134)102-61(38-110)82(129)98-58(33-67(114)115)79(126)95-54(29-44(4)5)76(123)103-63(40-112)88(135)136)107-81(128)55(30-45(6)7)94-73(120)51(24-26-139-11)91-66(113)35-90-72(119)64(41-137)105-80(127)59(34-68(116)117)97-77(124)57(32-49-22-18-15-19-23-49)99-86(133)69(46(8)9)106-84(131)62(39-111)101-83(130)60(37-109)100-78(125)56(31-48-20-16-14-17-21-48)96-75(122)53(28-43(2)3)93-74(121)52(25-27-140-12)92-85(132)65(42-138)104-71(118)50(89)36-108/h14-23,43-47,50-65,69-70,108-112,137-138H,13,24-42,89H2,1-12H3,(H,90,119)(H,91,113)(H,92,132)(H,93,121)(H,94,120)(H,95,126)(H,96,122)(H,97,124)(H,98,129)(H,99,133)(H,100,125)(H,101,130)(H,102,134)(H,103,123)(H,104,118)(H,105,127)(H,106,131)(H,107,128)(H,114,115)(H,116,117)(H,135,136)/t47-,50-,51-,52-,53-,54-,55-,56-,57-,58-,59-,60-,61-,62-,63-,64-,65-,69-,70-/m0/s1. The third-order valence-corrected chi connectivity index (χ3v) is 23.3. The van der Waals surface area contributed by atoms with Crippen molar-refractivity contribution in [3.63, 3.8) is 0 Å². The van der Waals surface area contributed by atoms with E-state index in [1.807, 2.05) is 0 Å². The largest absolute Gasteiger partial charge is 0.481 e. The second-order valence-corrected chi connectivity index (χ2v) is 37.2. The number of nitrogens with two attached hydrogens (primary N) is 1. The molecule has 0 aliphatic rings. The molecule has 0 saturated carbocycles. The molecule has 140 heavy (non-hydrogen) atoms. The molecule has 19 atom stereocenters. The Balaban J connectivity index is 2.39. The molecule has 0 spiro atoms. The highest BCUT2D eigenvalue weighted by Crippen LogP contribution is 2.18. The molecule has 0 fully saturated rings. The van der Waals surface area contributed by atoms with Crippen LogP contribution in [0.5, 0.6) is 0 Å². The Labute approximate surface area is 830 Å². The molecule has 48 nitrogen and oxygen atoms in total. The Bertz CT molecular complexity index is 4460. The van der Waals surface area contributed by atoms with Gasteiger partial charge in [-0.2, -0.15) is 48.8 Å². The molecule has 52 heteroatoms. The fourth-order valence-electron chi connectivity index (χ4n) is 13.3. The van der Waals surface area contributed by atoms with Gasteiger partial charge < -0.3 is 142 Å². The Hall–Kier alpha value is -11.5. The monoisotopic (exact) mass is 2050 g/mol. The first-order valence-corrected chi connectivity index (χ1v) is 49.2. The number of thiol groups is 2. The summed E-state index contributed by atoms with van der Waals surface area (Å²) < 4.78 is 0. The molecule has 0 aliphatic heterocycles. The van der Waals surface area contributed by atoms with Crippen molar-refractivity contribution < 1.29 is 142 Å². The van der Waals surface area contributed by atoms with Crippen molar-refractivity contribution in [2.24, 2.45) is 35.3 Å². The summed E-state index contributed by atoms with van der Waals surface area (Å²) in [4.78, 5) is 287. The van der Waals surface area contributed by atoms with E-state index in [0.717, 1.165) is 0 Å². The number of carboxylic acid groups (broad SMARTS) is 3. The molecule has 0 aliphatic carbocycles. The number of carbonyl (C=O) groups excluding carboxylic acids is 18. The van der Waals surface area contributed by atoms with Crippen LogP contribution in [0.3, 0.4) is 0 Å². The summed E-state index contributed by atoms with van der Waals surface area (Å²) in [5.74, 6) is -27.0. The highest BCUT2D eigenvalue weighted by Gasteiger charge is 2.42. The zero-order valence-corrected chi connectivity index (χ0v) is 83.6. The summed E-state index contributed by atoms with van der Waals surface area (Å²) in [5.41, 5.74) is 6.48. The van der Waals surface area contributed by atoms with Gasteiger partial charge >= 0.3 is 17.9 Å². The normalized spacial score (nSPS) is 15.3. The van der Waals surface area contributed by atoms with E-state index < -0.39 is 303 Å². The van der Waals surface area contributed by atoms with Crippen LogP contribution in [0.1, 0.15) is 132 Å². The molecule has 0 saturated heterocycles. The number of amides is 18. The third-order valence-electron chi connectivity index (χ3n) is 21.3. The van der Waals surface area contributed by atoms with Gasteiger partial charge in [-0.15, -0.1) is 0 Å². The van der Waals surface area contributed by atoms with Gasteiger partial charge in [0.25, 0.3) is 0 Å². The van der Waals surface area contributed by atoms with Crippen molar-refractivity contribution >= 4 is 173 Å². The third kappa shape index (κ3) is 45.4. The van der Waals surface area contributed by atoms with E-state index in [0.29, 0.717) is 16.9 Å². The molecule has 18 amide bonds. The predicted octanol–water partition coefficient (Wildman–Crippen LogP) is -7.64. The van der Waals surface area contributed by atoms with Crippen LogP contribution in [0.15, 0.2) is 60.7 Å². The minimum atomic E-state index is -2.04. The van der Waals surface area contributed by atoms with Crippen LogP contribution in [-0.4, -0.2) is 349 Å². The van der Waals surface area contributed by atoms with Gasteiger partial charge in [0.05, 0.1) is 52.4 Å². The quantitative estimate of drug-likeness (QED) is 0.0274. The Morgan fingerprint density at radius 3 is 0.957 bits per heavy atom. The first kappa shape index (κ1) is 125. The number of carbonyl (C=O) groups is 21. The maximum absolute atomic E-state index is 14.5. The minimum Gasteiger partial charge on any atom is -0.481 e. The molecule has 0 aromatic heterocycles. The molecular weight excluding hydrogens is 1920 g/mol. The van der Waals surface area contributed by atoms with Crippen molar-refractivity contribution in [1.29, 1.82) is 0 Å². The minimum absolute atomic E-state index is 0.0251. The smallest absolute Gasteiger partial charge is 0.328 e. The highest BCUT2D eigenvalue weighted by atomic mass is 32.2. The van der Waals surface area contributed by atoms with Gasteiger partial charge in [-0.1, -0.05) is 136 Å². The van der Waals surface area contributed by atoms with Gasteiger partial charge in [-0.3, -0.25) is 95.9 Å². The highest BCUT2D eigenvalue weighted by molar-refractivity contribution is 7.98. The van der Waals surface area contributed by atoms with Crippen molar-refractivity contribution in [3.8, 4) is 0 Å². The van der Waals surface area contributed by atoms with Gasteiger partial charge in [0.15, 0.2) is 0 Å². The van der Waals surface area contributed by atoms with Crippen LogP contribution in [0.2, 0.25) is 0 Å².